The number of amides is 1. The summed E-state index contributed by atoms with van der Waals surface area (Å²) in [5, 5.41) is 14.3. The first-order chi connectivity index (χ1) is 11.1. The van der Waals surface area contributed by atoms with Crippen molar-refractivity contribution in [1.82, 2.24) is 35.5 Å². The molecule has 124 valence electrons. The minimum absolute atomic E-state index is 0.0450. The highest BCUT2D eigenvalue weighted by Crippen LogP contribution is 2.10. The monoisotopic (exact) mass is 319 g/mol. The molecule has 1 amide bonds. The number of aromatic nitrogens is 4. The van der Waals surface area contributed by atoms with E-state index in [2.05, 4.69) is 30.7 Å². The lowest BCUT2D eigenvalue weighted by Crippen LogP contribution is -2.42. The predicted octanol–water partition coefficient (Wildman–Crippen LogP) is -0.201. The van der Waals surface area contributed by atoms with E-state index in [1.165, 1.54) is 11.0 Å². The van der Waals surface area contributed by atoms with E-state index in [-0.39, 0.29) is 17.6 Å². The van der Waals surface area contributed by atoms with Gasteiger partial charge in [0.05, 0.1) is 18.9 Å². The molecule has 0 aromatic carbocycles. The summed E-state index contributed by atoms with van der Waals surface area (Å²) in [7, 11) is 0. The van der Waals surface area contributed by atoms with E-state index in [0.717, 1.165) is 26.2 Å². The fraction of sp³-hybridized carbons (Fsp3) is 0.571. The molecule has 0 atom stereocenters. The molecular weight excluding hydrogens is 298 g/mol. The summed E-state index contributed by atoms with van der Waals surface area (Å²) >= 11 is 0. The predicted molar refractivity (Wildman–Crippen MR) is 82.2 cm³/mol. The van der Waals surface area contributed by atoms with E-state index >= 15 is 0 Å². The molecule has 0 aliphatic carbocycles. The number of hydrogen-bond acceptors (Lipinski definition) is 7. The third kappa shape index (κ3) is 3.93. The van der Waals surface area contributed by atoms with Crippen molar-refractivity contribution in [2.24, 2.45) is 0 Å². The molecule has 3 rings (SSSR count). The molecule has 3 heterocycles. The van der Waals surface area contributed by atoms with E-state index in [1.807, 2.05) is 13.8 Å². The van der Waals surface area contributed by atoms with Gasteiger partial charge in [0.2, 0.25) is 5.89 Å². The van der Waals surface area contributed by atoms with Gasteiger partial charge in [-0.25, -0.2) is 4.98 Å². The summed E-state index contributed by atoms with van der Waals surface area (Å²) in [6, 6.07) is 0.0450. The Kier molecular flexibility index (Phi) is 4.68. The van der Waals surface area contributed by atoms with Gasteiger partial charge in [0, 0.05) is 32.2 Å². The number of hydrogen-bond donors (Lipinski definition) is 2. The van der Waals surface area contributed by atoms with Gasteiger partial charge in [-0.1, -0.05) is 0 Å². The van der Waals surface area contributed by atoms with E-state index < -0.39 is 0 Å². The third-order valence-corrected chi connectivity index (χ3v) is 3.45. The van der Waals surface area contributed by atoms with E-state index in [4.69, 9.17) is 4.42 Å². The van der Waals surface area contributed by atoms with Gasteiger partial charge in [-0.2, -0.15) is 5.10 Å². The molecule has 2 aromatic heterocycles. The number of nitrogens with zero attached hydrogens (tertiary/aromatic N) is 5. The number of rotatable bonds is 5. The Labute approximate surface area is 134 Å². The first-order valence-electron chi connectivity index (χ1n) is 7.73. The lowest BCUT2D eigenvalue weighted by atomic mass is 10.3. The Hall–Kier alpha value is -2.26. The number of carbonyl (C=O) groups is 1. The summed E-state index contributed by atoms with van der Waals surface area (Å²) in [6.45, 7) is 8.33. The van der Waals surface area contributed by atoms with Gasteiger partial charge in [-0.3, -0.25) is 9.69 Å². The molecule has 0 saturated carbocycles. The highest BCUT2D eigenvalue weighted by molar-refractivity contribution is 5.92. The second-order valence-corrected chi connectivity index (χ2v) is 5.77. The maximum Gasteiger partial charge on any atom is 0.273 e. The highest BCUT2D eigenvalue weighted by atomic mass is 16.4. The molecule has 2 aromatic rings. The molecule has 1 aliphatic heterocycles. The van der Waals surface area contributed by atoms with Crippen LogP contribution in [0.2, 0.25) is 0 Å². The largest absolute Gasteiger partial charge is 0.420 e. The van der Waals surface area contributed by atoms with Crippen molar-refractivity contribution in [3.8, 4) is 5.88 Å². The van der Waals surface area contributed by atoms with Gasteiger partial charge >= 0.3 is 0 Å². The van der Waals surface area contributed by atoms with Crippen molar-refractivity contribution in [2.75, 3.05) is 26.2 Å². The topological polar surface area (TPSA) is 101 Å². The molecule has 0 unspecified atom stereocenters. The molecule has 0 bridgehead atoms. The summed E-state index contributed by atoms with van der Waals surface area (Å²) in [4.78, 5) is 19.7. The number of oxazole rings is 1. The summed E-state index contributed by atoms with van der Waals surface area (Å²) in [6.07, 6.45) is 2.98. The average molecular weight is 319 g/mol. The Balaban J connectivity index is 1.65. The smallest absolute Gasteiger partial charge is 0.273 e. The zero-order chi connectivity index (χ0) is 16.2. The van der Waals surface area contributed by atoms with Crippen LogP contribution in [0.25, 0.3) is 5.88 Å². The van der Waals surface area contributed by atoms with Gasteiger partial charge in [0.15, 0.2) is 5.69 Å². The van der Waals surface area contributed by atoms with Crippen LogP contribution in [-0.2, 0) is 6.54 Å². The summed E-state index contributed by atoms with van der Waals surface area (Å²) in [5.41, 5.74) is 0.249. The fourth-order valence-corrected chi connectivity index (χ4v) is 2.34. The van der Waals surface area contributed by atoms with Crippen molar-refractivity contribution in [1.29, 1.82) is 0 Å². The van der Waals surface area contributed by atoms with E-state index in [0.29, 0.717) is 18.3 Å². The Morgan fingerprint density at radius 2 is 2.17 bits per heavy atom. The molecule has 9 heteroatoms. The zero-order valence-corrected chi connectivity index (χ0v) is 13.3. The zero-order valence-electron chi connectivity index (χ0n) is 13.3. The molecule has 1 fully saturated rings. The Morgan fingerprint density at radius 3 is 2.91 bits per heavy atom. The van der Waals surface area contributed by atoms with Crippen molar-refractivity contribution in [2.45, 2.75) is 26.4 Å². The van der Waals surface area contributed by atoms with Crippen LogP contribution in [0.1, 0.15) is 30.2 Å². The van der Waals surface area contributed by atoms with Crippen LogP contribution in [0.4, 0.5) is 0 Å². The Morgan fingerprint density at radius 1 is 1.39 bits per heavy atom. The molecule has 23 heavy (non-hydrogen) atoms. The normalized spacial score (nSPS) is 16.0. The minimum Gasteiger partial charge on any atom is -0.420 e. The average Bonchev–Trinajstić information content (AvgIpc) is 3.16. The van der Waals surface area contributed by atoms with Crippen LogP contribution >= 0.6 is 0 Å². The van der Waals surface area contributed by atoms with Crippen LogP contribution in [0.15, 0.2) is 16.8 Å². The summed E-state index contributed by atoms with van der Waals surface area (Å²) < 4.78 is 5.68. The second kappa shape index (κ2) is 6.88. The molecular formula is C14H21N7O2. The van der Waals surface area contributed by atoms with Crippen LogP contribution < -0.4 is 10.6 Å². The number of nitrogens with one attached hydrogen (secondary N) is 2. The van der Waals surface area contributed by atoms with Gasteiger partial charge in [-0.15, -0.1) is 9.90 Å². The van der Waals surface area contributed by atoms with E-state index in [9.17, 15) is 4.79 Å². The molecule has 0 radical (unpaired) electrons. The van der Waals surface area contributed by atoms with Crippen LogP contribution in [-0.4, -0.2) is 63.0 Å². The minimum atomic E-state index is -0.258. The lowest BCUT2D eigenvalue weighted by molar-refractivity contribution is 0.0937. The summed E-state index contributed by atoms with van der Waals surface area (Å²) in [5.74, 6) is 0.762. The lowest BCUT2D eigenvalue weighted by Gasteiger charge is -2.25. The third-order valence-electron chi connectivity index (χ3n) is 3.45. The highest BCUT2D eigenvalue weighted by Gasteiger charge is 2.16. The van der Waals surface area contributed by atoms with Crippen LogP contribution in [0, 0.1) is 0 Å². The number of carbonyl (C=O) groups excluding carboxylic acids is 1. The van der Waals surface area contributed by atoms with Gasteiger partial charge in [0.1, 0.15) is 0 Å². The number of piperazine rings is 1. The van der Waals surface area contributed by atoms with Gasteiger partial charge in [-0.05, 0) is 13.8 Å². The quantitative estimate of drug-likeness (QED) is 0.787. The van der Waals surface area contributed by atoms with Crippen LogP contribution in [0.5, 0.6) is 0 Å². The van der Waals surface area contributed by atoms with E-state index in [1.54, 1.807) is 6.20 Å². The van der Waals surface area contributed by atoms with Crippen LogP contribution in [0.3, 0.4) is 0 Å². The maximum atomic E-state index is 11.9. The molecule has 0 spiro atoms. The van der Waals surface area contributed by atoms with Crippen molar-refractivity contribution >= 4 is 5.91 Å². The first kappa shape index (κ1) is 15.6. The Bertz CT molecular complexity index is 658. The SMILES string of the molecule is CC(C)NC(=O)c1cnn(-c2cnc(CN3CCNCC3)o2)n1. The first-order valence-corrected chi connectivity index (χ1v) is 7.73. The maximum absolute atomic E-state index is 11.9. The standard InChI is InChI=1S/C14H21N7O2/c1-10(2)18-14(22)11-7-17-21(19-11)13-8-16-12(23-13)9-20-5-3-15-4-6-20/h7-8,10,15H,3-6,9H2,1-2H3,(H,18,22). The molecule has 1 saturated heterocycles. The second-order valence-electron chi connectivity index (χ2n) is 5.77. The van der Waals surface area contributed by atoms with Crippen molar-refractivity contribution < 1.29 is 9.21 Å². The van der Waals surface area contributed by atoms with Gasteiger partial charge < -0.3 is 15.1 Å². The van der Waals surface area contributed by atoms with Crippen molar-refractivity contribution in [3.63, 3.8) is 0 Å². The molecule has 1 aliphatic rings. The van der Waals surface area contributed by atoms with Crippen molar-refractivity contribution in [3.05, 3.63) is 24.0 Å². The fourth-order valence-electron chi connectivity index (χ4n) is 2.34. The molecule has 9 nitrogen and oxygen atoms in total. The van der Waals surface area contributed by atoms with Gasteiger partial charge in [0.25, 0.3) is 11.8 Å². The molecule has 2 N–H and O–H groups in total.